The van der Waals surface area contributed by atoms with E-state index in [1.54, 1.807) is 11.0 Å². The molecule has 5 aromatic carbocycles. The number of benzene rings is 5. The number of anilines is 3. The largest absolute Gasteiger partial charge is 0.458 e. The summed E-state index contributed by atoms with van der Waals surface area (Å²) in [5.74, 6) is 1.55. The lowest BCUT2D eigenvalue weighted by atomic mass is 9.59. The molecule has 3 heterocycles. The summed E-state index contributed by atoms with van der Waals surface area (Å²) in [6, 6.07) is 32.2. The molecule has 0 saturated heterocycles. The minimum absolute atomic E-state index is 0.0337. The van der Waals surface area contributed by atoms with Gasteiger partial charge in [0.25, 0.3) is 0 Å². The quantitative estimate of drug-likeness (QED) is 0.132. The maximum absolute atomic E-state index is 6.79. The third-order valence-electron chi connectivity index (χ3n) is 12.7. The molecule has 0 radical (unpaired) electrons. The summed E-state index contributed by atoms with van der Waals surface area (Å²) in [4.78, 5) is 4.93. The lowest BCUT2D eigenvalue weighted by molar-refractivity contribution is -0.676. The van der Waals surface area contributed by atoms with Gasteiger partial charge in [0, 0.05) is 25.8 Å². The van der Waals surface area contributed by atoms with Crippen LogP contribution in [0.4, 0.5) is 17.1 Å². The van der Waals surface area contributed by atoms with Crippen LogP contribution in [0.2, 0.25) is 0 Å². The van der Waals surface area contributed by atoms with Crippen molar-refractivity contribution in [1.82, 2.24) is 9.78 Å². The first-order valence-corrected chi connectivity index (χ1v) is 20.9. The minimum atomic E-state index is -0.588. The number of ether oxygens (including phenoxy) is 1. The van der Waals surface area contributed by atoms with Gasteiger partial charge in [-0.1, -0.05) is 138 Å². The van der Waals surface area contributed by atoms with Crippen molar-refractivity contribution in [2.75, 3.05) is 23.5 Å². The number of hydrogen-bond acceptors (Lipinski definition) is 4. The summed E-state index contributed by atoms with van der Waals surface area (Å²) in [6.07, 6.45) is 4.95. The molecule has 6 heteroatoms. The Morgan fingerprint density at radius 2 is 1.22 bits per heavy atom. The molecule has 0 amide bonds. The van der Waals surface area contributed by atoms with Gasteiger partial charge in [-0.3, -0.25) is 0 Å². The van der Waals surface area contributed by atoms with Gasteiger partial charge in [0.15, 0.2) is 12.7 Å². The standard InChI is InChI=1S/C52H59N5O/c1-48(2,3)32-23-37-38-24-33(49(4,5)6)26-42(51(10,11)12)46(38)52(45(37)41(25-32)50(7,8)9)39-22-21-36(58-35-18-15-17-34(27-35)57-30-54(13)29-53-57)28-44(39)56-31-55(14)43-20-16-19-40(52)47(43)56/h15-29H,31H2,1-14H3. The van der Waals surface area contributed by atoms with Crippen LogP contribution in [-0.4, -0.2) is 23.5 Å². The van der Waals surface area contributed by atoms with Gasteiger partial charge in [0.1, 0.15) is 11.5 Å². The second-order valence-corrected chi connectivity index (χ2v) is 21.1. The van der Waals surface area contributed by atoms with Crippen molar-refractivity contribution in [3.05, 3.63) is 142 Å². The van der Waals surface area contributed by atoms with E-state index >= 15 is 0 Å². The summed E-state index contributed by atoms with van der Waals surface area (Å²) >= 11 is 0. The highest BCUT2D eigenvalue weighted by Gasteiger charge is 2.57. The molecule has 1 aromatic heterocycles. The van der Waals surface area contributed by atoms with Gasteiger partial charge in [-0.2, -0.15) is 4.68 Å². The zero-order valence-electron chi connectivity index (χ0n) is 37.0. The Balaban J connectivity index is 1.40. The molecule has 298 valence electrons. The second-order valence-electron chi connectivity index (χ2n) is 21.1. The number of fused-ring (bicyclic) bond motifs is 9. The van der Waals surface area contributed by atoms with Crippen LogP contribution in [0.1, 0.15) is 128 Å². The predicted molar refractivity (Wildman–Crippen MR) is 238 cm³/mol. The van der Waals surface area contributed by atoms with E-state index in [-0.39, 0.29) is 21.7 Å². The molecule has 2 aliphatic heterocycles. The highest BCUT2D eigenvalue weighted by atomic mass is 16.5. The fourth-order valence-electron chi connectivity index (χ4n) is 9.74. The summed E-state index contributed by atoms with van der Waals surface area (Å²) in [5, 5.41) is 4.47. The molecule has 9 rings (SSSR count). The lowest BCUT2D eigenvalue weighted by Gasteiger charge is -2.46. The van der Waals surface area contributed by atoms with Gasteiger partial charge >= 0.3 is 0 Å². The first kappa shape index (κ1) is 38.2. The number of rotatable bonds is 3. The molecule has 0 bridgehead atoms. The molecule has 6 aromatic rings. The molecule has 3 aliphatic rings. The highest BCUT2D eigenvalue weighted by Crippen LogP contribution is 2.68. The normalized spacial score (nSPS) is 15.4. The van der Waals surface area contributed by atoms with Gasteiger partial charge < -0.3 is 19.1 Å². The zero-order valence-corrected chi connectivity index (χ0v) is 37.0. The number of nitrogens with zero attached hydrogens (tertiary/aromatic N) is 5. The third-order valence-corrected chi connectivity index (χ3v) is 12.7. The number of aromatic nitrogens is 3. The van der Waals surface area contributed by atoms with E-state index in [1.165, 1.54) is 72.7 Å². The average molecular weight is 770 g/mol. The minimum Gasteiger partial charge on any atom is -0.458 e. The van der Waals surface area contributed by atoms with Crippen molar-refractivity contribution in [2.45, 2.75) is 110 Å². The Kier molecular flexibility index (Phi) is 8.11. The van der Waals surface area contributed by atoms with Crippen molar-refractivity contribution in [1.29, 1.82) is 0 Å². The molecule has 0 N–H and O–H groups in total. The molecule has 0 unspecified atom stereocenters. The smallest absolute Gasteiger partial charge is 0.173 e. The number of hydrogen-bond donors (Lipinski definition) is 0. The van der Waals surface area contributed by atoms with Crippen LogP contribution in [0.5, 0.6) is 11.5 Å². The molecule has 58 heavy (non-hydrogen) atoms. The van der Waals surface area contributed by atoms with Crippen LogP contribution >= 0.6 is 0 Å². The molecule has 6 nitrogen and oxygen atoms in total. The topological polar surface area (TPSA) is 37.4 Å². The van der Waals surface area contributed by atoms with Gasteiger partial charge in [-0.25, -0.2) is 0 Å². The number of para-hydroxylation sites is 1. The first-order valence-electron chi connectivity index (χ1n) is 20.9. The highest BCUT2D eigenvalue weighted by molar-refractivity contribution is 6.00. The molecule has 1 spiro atoms. The van der Waals surface area contributed by atoms with Gasteiger partial charge in [-0.15, -0.1) is 0 Å². The van der Waals surface area contributed by atoms with Crippen molar-refractivity contribution in [3.8, 4) is 28.3 Å². The van der Waals surface area contributed by atoms with E-state index in [1.807, 2.05) is 35.9 Å². The van der Waals surface area contributed by atoms with E-state index in [2.05, 4.69) is 172 Å². The van der Waals surface area contributed by atoms with E-state index in [9.17, 15) is 0 Å². The zero-order chi connectivity index (χ0) is 41.5. The fourth-order valence-corrected chi connectivity index (χ4v) is 9.74. The van der Waals surface area contributed by atoms with Crippen LogP contribution in [0.15, 0.2) is 91.3 Å². The van der Waals surface area contributed by atoms with Crippen LogP contribution in [0.25, 0.3) is 16.8 Å². The summed E-state index contributed by atoms with van der Waals surface area (Å²) < 4.78 is 10.3. The van der Waals surface area contributed by atoms with Crippen molar-refractivity contribution >= 4 is 17.1 Å². The van der Waals surface area contributed by atoms with Gasteiger partial charge in [-0.05, 0) is 107 Å². The fraction of sp³-hybridized carbons (Fsp3) is 0.385. The first-order chi connectivity index (χ1) is 27.1. The van der Waals surface area contributed by atoms with Crippen LogP contribution in [0, 0.1) is 6.33 Å². The third kappa shape index (κ3) is 5.65. The van der Waals surface area contributed by atoms with Crippen molar-refractivity contribution in [2.24, 2.45) is 7.05 Å². The Labute approximate surface area is 346 Å². The van der Waals surface area contributed by atoms with Crippen LogP contribution < -0.4 is 19.1 Å². The second kappa shape index (κ2) is 12.3. The summed E-state index contributed by atoms with van der Waals surface area (Å²) in [5.41, 5.74) is 17.5. The predicted octanol–water partition coefficient (Wildman–Crippen LogP) is 11.7. The Morgan fingerprint density at radius 3 is 1.78 bits per heavy atom. The number of aryl methyl sites for hydroxylation is 1. The summed E-state index contributed by atoms with van der Waals surface area (Å²) in [7, 11) is 4.15. The maximum Gasteiger partial charge on any atom is 0.173 e. The Hall–Kier alpha value is -5.36. The molecule has 0 atom stereocenters. The molecule has 1 aliphatic carbocycles. The lowest BCUT2D eigenvalue weighted by Crippen LogP contribution is -2.40. The average Bonchev–Trinajstić information content (AvgIpc) is 3.81. The maximum atomic E-state index is 6.79. The van der Waals surface area contributed by atoms with Gasteiger partial charge in [0.2, 0.25) is 0 Å². The Bertz CT molecular complexity index is 2570. The summed E-state index contributed by atoms with van der Waals surface area (Å²) in [6.45, 7) is 29.3. The van der Waals surface area contributed by atoms with E-state index in [0.717, 1.165) is 23.9 Å². The van der Waals surface area contributed by atoms with E-state index < -0.39 is 5.41 Å². The Morgan fingerprint density at radius 1 is 0.638 bits per heavy atom. The molecular formula is C52H59N5O. The van der Waals surface area contributed by atoms with Crippen LogP contribution in [0.3, 0.4) is 0 Å². The van der Waals surface area contributed by atoms with Crippen LogP contribution in [-0.2, 0) is 34.1 Å². The van der Waals surface area contributed by atoms with E-state index in [4.69, 9.17) is 4.74 Å². The van der Waals surface area contributed by atoms with E-state index in [0.29, 0.717) is 0 Å². The SMILES string of the molecule is CN1CN2c3cc(Oc4cccc(-n5[c-][n+](C)cn5)c4)ccc3C3(c4cccc1c42)c1c(cc(C(C)(C)C)cc1C(C)(C)C)-c1cc(C(C)(C)C)cc(C(C)(C)C)c13. The van der Waals surface area contributed by atoms with Gasteiger partial charge in [0.05, 0.1) is 29.1 Å². The molecule has 0 fully saturated rings. The monoisotopic (exact) mass is 769 g/mol. The van der Waals surface area contributed by atoms with Crippen molar-refractivity contribution in [3.63, 3.8) is 0 Å². The molecular weight excluding hydrogens is 711 g/mol. The van der Waals surface area contributed by atoms with Crippen molar-refractivity contribution < 1.29 is 9.30 Å². The molecule has 0 saturated carbocycles.